The summed E-state index contributed by atoms with van der Waals surface area (Å²) >= 11 is 4.37. The highest BCUT2D eigenvalue weighted by Crippen LogP contribution is 2.15. The molecule has 18 heavy (non-hydrogen) atoms. The Morgan fingerprint density at radius 2 is 2.17 bits per heavy atom. The number of amides is 1. The van der Waals surface area contributed by atoms with Crippen LogP contribution in [-0.4, -0.2) is 35.4 Å². The number of thiol groups is 1. The van der Waals surface area contributed by atoms with E-state index in [2.05, 4.69) is 12.6 Å². The first-order valence-electron chi connectivity index (χ1n) is 6.06. The summed E-state index contributed by atoms with van der Waals surface area (Å²) in [4.78, 5) is 13.5. The van der Waals surface area contributed by atoms with Gasteiger partial charge in [-0.1, -0.05) is 30.3 Å². The number of benzene rings is 1. The summed E-state index contributed by atoms with van der Waals surface area (Å²) < 4.78 is 5.26. The molecule has 1 saturated heterocycles. The standard InChI is InChI=1S/C13H18N2O2S/c14-11-6-7-15(8-12(11)18)13(16)17-9-10-4-2-1-3-5-10/h1-5,11-12,18H,6-9,14H2/t11-,12-/m0/s1. The van der Waals surface area contributed by atoms with Gasteiger partial charge in [0.05, 0.1) is 0 Å². The van der Waals surface area contributed by atoms with E-state index in [0.717, 1.165) is 12.0 Å². The average Bonchev–Trinajstić information content (AvgIpc) is 2.40. The Labute approximate surface area is 113 Å². The minimum absolute atomic E-state index is 0.0306. The second-order valence-corrected chi connectivity index (χ2v) is 5.17. The summed E-state index contributed by atoms with van der Waals surface area (Å²) in [6, 6.07) is 9.70. The van der Waals surface area contributed by atoms with Crippen molar-refractivity contribution in [2.24, 2.45) is 5.73 Å². The molecule has 2 rings (SSSR count). The zero-order chi connectivity index (χ0) is 13.0. The van der Waals surface area contributed by atoms with E-state index >= 15 is 0 Å². The minimum atomic E-state index is -0.287. The molecule has 0 aliphatic carbocycles. The molecule has 2 N–H and O–H groups in total. The van der Waals surface area contributed by atoms with Gasteiger partial charge in [-0.25, -0.2) is 4.79 Å². The van der Waals surface area contributed by atoms with Crippen LogP contribution < -0.4 is 5.73 Å². The van der Waals surface area contributed by atoms with Crippen LogP contribution in [0.25, 0.3) is 0 Å². The van der Waals surface area contributed by atoms with Crippen molar-refractivity contribution in [1.82, 2.24) is 4.90 Å². The quantitative estimate of drug-likeness (QED) is 0.800. The molecule has 0 saturated carbocycles. The Balaban J connectivity index is 1.82. The lowest BCUT2D eigenvalue weighted by Crippen LogP contribution is -2.50. The predicted molar refractivity (Wildman–Crippen MR) is 73.6 cm³/mol. The van der Waals surface area contributed by atoms with Gasteiger partial charge in [0.15, 0.2) is 0 Å². The van der Waals surface area contributed by atoms with Crippen LogP contribution in [0.3, 0.4) is 0 Å². The summed E-state index contributed by atoms with van der Waals surface area (Å²) in [6.45, 7) is 1.50. The maximum Gasteiger partial charge on any atom is 0.410 e. The van der Waals surface area contributed by atoms with E-state index < -0.39 is 0 Å². The number of likely N-dealkylation sites (tertiary alicyclic amines) is 1. The van der Waals surface area contributed by atoms with Gasteiger partial charge in [-0.3, -0.25) is 0 Å². The van der Waals surface area contributed by atoms with E-state index in [1.165, 1.54) is 0 Å². The monoisotopic (exact) mass is 266 g/mol. The van der Waals surface area contributed by atoms with Gasteiger partial charge in [0.25, 0.3) is 0 Å². The van der Waals surface area contributed by atoms with Crippen molar-refractivity contribution < 1.29 is 9.53 Å². The van der Waals surface area contributed by atoms with Crippen molar-refractivity contribution in [3.05, 3.63) is 35.9 Å². The van der Waals surface area contributed by atoms with Crippen LogP contribution in [0.15, 0.2) is 30.3 Å². The molecule has 1 aliphatic rings. The second-order valence-electron chi connectivity index (χ2n) is 4.51. The van der Waals surface area contributed by atoms with E-state index in [9.17, 15) is 4.79 Å². The molecule has 98 valence electrons. The fourth-order valence-corrected chi connectivity index (χ4v) is 2.27. The van der Waals surface area contributed by atoms with Crippen molar-refractivity contribution in [3.63, 3.8) is 0 Å². The molecule has 1 aliphatic heterocycles. The lowest BCUT2D eigenvalue weighted by atomic mass is 10.1. The molecule has 0 bridgehead atoms. The molecule has 0 unspecified atom stereocenters. The highest BCUT2D eigenvalue weighted by Gasteiger charge is 2.27. The third-order valence-corrected chi connectivity index (χ3v) is 3.64. The summed E-state index contributed by atoms with van der Waals surface area (Å²) in [7, 11) is 0. The zero-order valence-corrected chi connectivity index (χ0v) is 11.1. The van der Waals surface area contributed by atoms with Gasteiger partial charge >= 0.3 is 6.09 Å². The Hall–Kier alpha value is -1.20. The number of carbonyl (C=O) groups is 1. The highest BCUT2D eigenvalue weighted by molar-refractivity contribution is 7.81. The van der Waals surface area contributed by atoms with E-state index in [1.54, 1.807) is 4.90 Å². The van der Waals surface area contributed by atoms with Gasteiger partial charge in [0.1, 0.15) is 6.61 Å². The molecule has 1 aromatic carbocycles. The van der Waals surface area contributed by atoms with Crippen LogP contribution in [0.4, 0.5) is 4.79 Å². The molecular weight excluding hydrogens is 248 g/mol. The van der Waals surface area contributed by atoms with E-state index in [1.807, 2.05) is 30.3 Å². The first-order valence-corrected chi connectivity index (χ1v) is 6.57. The molecule has 1 aromatic rings. The van der Waals surface area contributed by atoms with Gasteiger partial charge in [-0.2, -0.15) is 12.6 Å². The zero-order valence-electron chi connectivity index (χ0n) is 10.2. The molecular formula is C13H18N2O2S. The largest absolute Gasteiger partial charge is 0.445 e. The summed E-state index contributed by atoms with van der Waals surface area (Å²) in [5.41, 5.74) is 6.84. The lowest BCUT2D eigenvalue weighted by Gasteiger charge is -2.33. The molecule has 0 spiro atoms. The number of rotatable bonds is 2. The van der Waals surface area contributed by atoms with Gasteiger partial charge in [-0.05, 0) is 12.0 Å². The fourth-order valence-electron chi connectivity index (χ4n) is 1.93. The van der Waals surface area contributed by atoms with E-state index in [4.69, 9.17) is 10.5 Å². The van der Waals surface area contributed by atoms with Crippen LogP contribution in [0.5, 0.6) is 0 Å². The smallest absolute Gasteiger partial charge is 0.410 e. The van der Waals surface area contributed by atoms with Crippen molar-refractivity contribution in [2.75, 3.05) is 13.1 Å². The van der Waals surface area contributed by atoms with E-state index in [-0.39, 0.29) is 17.4 Å². The van der Waals surface area contributed by atoms with Crippen molar-refractivity contribution in [2.45, 2.75) is 24.3 Å². The third kappa shape index (κ3) is 3.40. The molecule has 4 nitrogen and oxygen atoms in total. The number of hydrogen-bond acceptors (Lipinski definition) is 4. The van der Waals surface area contributed by atoms with E-state index in [0.29, 0.717) is 19.7 Å². The maximum absolute atomic E-state index is 11.9. The normalized spacial score (nSPS) is 23.8. The Morgan fingerprint density at radius 1 is 1.44 bits per heavy atom. The predicted octanol–water partition coefficient (Wildman–Crippen LogP) is 1.65. The maximum atomic E-state index is 11.9. The van der Waals surface area contributed by atoms with Crippen molar-refractivity contribution in [3.8, 4) is 0 Å². The van der Waals surface area contributed by atoms with Crippen molar-refractivity contribution in [1.29, 1.82) is 0 Å². The molecule has 1 heterocycles. The number of hydrogen-bond donors (Lipinski definition) is 2. The number of nitrogens with two attached hydrogens (primary N) is 1. The molecule has 5 heteroatoms. The first kappa shape index (κ1) is 13.2. The fraction of sp³-hybridized carbons (Fsp3) is 0.462. The molecule has 1 amide bonds. The van der Waals surface area contributed by atoms with Crippen LogP contribution >= 0.6 is 12.6 Å². The molecule has 0 radical (unpaired) electrons. The van der Waals surface area contributed by atoms with Crippen molar-refractivity contribution >= 4 is 18.7 Å². The number of ether oxygens (including phenoxy) is 1. The minimum Gasteiger partial charge on any atom is -0.445 e. The molecule has 0 aromatic heterocycles. The third-order valence-electron chi connectivity index (χ3n) is 3.10. The summed E-state index contributed by atoms with van der Waals surface area (Å²) in [5.74, 6) is 0. The SMILES string of the molecule is N[C@H]1CCN(C(=O)OCc2ccccc2)C[C@@H]1S. The van der Waals surface area contributed by atoms with Gasteiger partial charge in [-0.15, -0.1) is 0 Å². The number of nitrogens with zero attached hydrogens (tertiary/aromatic N) is 1. The number of piperidine rings is 1. The van der Waals surface area contributed by atoms with Crippen LogP contribution in [0, 0.1) is 0 Å². The summed E-state index contributed by atoms with van der Waals surface area (Å²) in [6.07, 6.45) is 0.485. The molecule has 1 fully saturated rings. The van der Waals surface area contributed by atoms with Gasteiger partial charge in [0.2, 0.25) is 0 Å². The Bertz CT molecular complexity index is 399. The number of carbonyl (C=O) groups excluding carboxylic acids is 1. The van der Waals surface area contributed by atoms with Gasteiger partial charge in [0, 0.05) is 24.4 Å². The average molecular weight is 266 g/mol. The second kappa shape index (κ2) is 6.11. The van der Waals surface area contributed by atoms with Crippen LogP contribution in [0.1, 0.15) is 12.0 Å². The van der Waals surface area contributed by atoms with Crippen LogP contribution in [-0.2, 0) is 11.3 Å². The molecule has 2 atom stereocenters. The summed E-state index contributed by atoms with van der Waals surface area (Å²) in [5, 5.41) is 0.0306. The Kier molecular flexibility index (Phi) is 4.49. The van der Waals surface area contributed by atoms with Crippen LogP contribution in [0.2, 0.25) is 0 Å². The lowest BCUT2D eigenvalue weighted by molar-refractivity contribution is 0.0885. The Morgan fingerprint density at radius 3 is 2.83 bits per heavy atom. The topological polar surface area (TPSA) is 55.6 Å². The highest BCUT2D eigenvalue weighted by atomic mass is 32.1. The first-order chi connectivity index (χ1) is 8.66. The van der Waals surface area contributed by atoms with Gasteiger partial charge < -0.3 is 15.4 Å².